The maximum atomic E-state index is 12.8. The molecule has 4 rings (SSSR count). The quantitative estimate of drug-likeness (QED) is 0.351. The van der Waals surface area contributed by atoms with Gasteiger partial charge in [-0.1, -0.05) is 40.2 Å². The van der Waals surface area contributed by atoms with Gasteiger partial charge in [0.15, 0.2) is 4.90 Å². The highest BCUT2D eigenvalue weighted by atomic mass is 79.9. The summed E-state index contributed by atoms with van der Waals surface area (Å²) in [5.74, 6) is 0. The van der Waals surface area contributed by atoms with E-state index < -0.39 is 20.6 Å². The normalized spacial score (nSPS) is 22.8. The Bertz CT molecular complexity index is 1130. The maximum Gasteiger partial charge on any atom is 0.289 e. The third kappa shape index (κ3) is 3.44. The van der Waals surface area contributed by atoms with Crippen molar-refractivity contribution in [1.82, 2.24) is 4.72 Å². The molecule has 1 aliphatic heterocycles. The van der Waals surface area contributed by atoms with Crippen LogP contribution in [0.25, 0.3) is 0 Å². The number of nitro groups is 1. The summed E-state index contributed by atoms with van der Waals surface area (Å²) in [5.41, 5.74) is 2.46. The molecule has 7 nitrogen and oxygen atoms in total. The van der Waals surface area contributed by atoms with Crippen LogP contribution in [0.3, 0.4) is 0 Å². The summed E-state index contributed by atoms with van der Waals surface area (Å²) < 4.78 is 29.2. The number of anilines is 1. The SMILES string of the molecule is C=C1CCCC2Nc3ccc(Br)cc3C12CCNS(=O)(=O)c1ccccc1[N+](=O)[O-]. The van der Waals surface area contributed by atoms with Gasteiger partial charge in [0.1, 0.15) is 0 Å². The van der Waals surface area contributed by atoms with Crippen molar-refractivity contribution >= 4 is 37.3 Å². The highest BCUT2D eigenvalue weighted by Crippen LogP contribution is 2.53. The van der Waals surface area contributed by atoms with E-state index in [1.165, 1.54) is 24.3 Å². The van der Waals surface area contributed by atoms with E-state index in [9.17, 15) is 18.5 Å². The van der Waals surface area contributed by atoms with Crippen molar-refractivity contribution in [1.29, 1.82) is 0 Å². The number of fused-ring (bicyclic) bond motifs is 3. The van der Waals surface area contributed by atoms with E-state index in [4.69, 9.17) is 0 Å². The minimum atomic E-state index is -4.02. The van der Waals surface area contributed by atoms with Crippen molar-refractivity contribution in [3.05, 3.63) is 74.8 Å². The first kappa shape index (κ1) is 21.0. The van der Waals surface area contributed by atoms with Crippen molar-refractivity contribution in [3.8, 4) is 0 Å². The van der Waals surface area contributed by atoms with Gasteiger partial charge >= 0.3 is 0 Å². The number of rotatable bonds is 6. The summed E-state index contributed by atoms with van der Waals surface area (Å²) in [6, 6.07) is 11.6. The van der Waals surface area contributed by atoms with Gasteiger partial charge in [0.05, 0.1) is 4.92 Å². The predicted molar refractivity (Wildman–Crippen MR) is 119 cm³/mol. The van der Waals surface area contributed by atoms with Gasteiger partial charge in [-0.25, -0.2) is 13.1 Å². The minimum absolute atomic E-state index is 0.150. The molecule has 2 aromatic carbocycles. The van der Waals surface area contributed by atoms with Gasteiger partial charge < -0.3 is 5.32 Å². The van der Waals surface area contributed by atoms with Gasteiger partial charge in [0, 0.05) is 34.2 Å². The molecule has 1 aliphatic carbocycles. The first-order valence-corrected chi connectivity index (χ1v) is 12.0. The summed E-state index contributed by atoms with van der Waals surface area (Å²) in [6.45, 7) is 4.50. The standard InChI is InChI=1S/C21H22BrN3O4S/c1-14-5-4-8-20-21(14,16-13-15(22)9-10-17(16)24-20)11-12-23-30(28,29)19-7-3-2-6-18(19)25(26)27/h2-3,6-7,9-10,13,20,23-24H,1,4-5,8,11-12H2. The number of nitro benzene ring substituents is 1. The maximum absolute atomic E-state index is 12.8. The molecule has 30 heavy (non-hydrogen) atoms. The highest BCUT2D eigenvalue weighted by Gasteiger charge is 2.50. The fraction of sp³-hybridized carbons (Fsp3) is 0.333. The Labute approximate surface area is 183 Å². The molecule has 158 valence electrons. The zero-order chi connectivity index (χ0) is 21.5. The number of benzene rings is 2. The van der Waals surface area contributed by atoms with E-state index in [-0.39, 0.29) is 22.9 Å². The van der Waals surface area contributed by atoms with Crippen LogP contribution < -0.4 is 10.0 Å². The molecule has 0 saturated heterocycles. The summed E-state index contributed by atoms with van der Waals surface area (Å²) in [5, 5.41) is 14.8. The van der Waals surface area contributed by atoms with E-state index >= 15 is 0 Å². The van der Waals surface area contributed by atoms with E-state index in [2.05, 4.69) is 38.6 Å². The lowest BCUT2D eigenvalue weighted by molar-refractivity contribution is -0.387. The summed E-state index contributed by atoms with van der Waals surface area (Å²) >= 11 is 3.54. The molecule has 0 spiro atoms. The number of nitrogens with one attached hydrogen (secondary N) is 2. The molecule has 1 fully saturated rings. The molecule has 2 aromatic rings. The number of sulfonamides is 1. The van der Waals surface area contributed by atoms with Gasteiger partial charge in [-0.2, -0.15) is 0 Å². The molecule has 0 bridgehead atoms. The Hall–Kier alpha value is -2.23. The smallest absolute Gasteiger partial charge is 0.289 e. The Morgan fingerprint density at radius 3 is 2.83 bits per heavy atom. The predicted octanol–water partition coefficient (Wildman–Crippen LogP) is 4.50. The Morgan fingerprint density at radius 1 is 1.30 bits per heavy atom. The topological polar surface area (TPSA) is 101 Å². The van der Waals surface area contributed by atoms with Crippen LogP contribution >= 0.6 is 15.9 Å². The largest absolute Gasteiger partial charge is 0.381 e. The third-order valence-corrected chi connectivity index (χ3v) is 8.15. The van der Waals surface area contributed by atoms with Crippen LogP contribution in [0.5, 0.6) is 0 Å². The number of nitrogens with zero attached hydrogens (tertiary/aromatic N) is 1. The van der Waals surface area contributed by atoms with E-state index in [1.54, 1.807) is 0 Å². The summed E-state index contributed by atoms with van der Waals surface area (Å²) in [6.07, 6.45) is 3.42. The Balaban J connectivity index is 1.62. The highest BCUT2D eigenvalue weighted by molar-refractivity contribution is 9.10. The van der Waals surface area contributed by atoms with E-state index in [1.807, 2.05) is 12.1 Å². The molecule has 2 N–H and O–H groups in total. The first-order chi connectivity index (χ1) is 14.3. The van der Waals surface area contributed by atoms with E-state index in [0.29, 0.717) is 6.42 Å². The number of para-hydroxylation sites is 1. The van der Waals surface area contributed by atoms with Crippen LogP contribution in [0, 0.1) is 10.1 Å². The lowest BCUT2D eigenvalue weighted by Crippen LogP contribution is -2.45. The van der Waals surface area contributed by atoms with Gasteiger partial charge in [-0.15, -0.1) is 0 Å². The van der Waals surface area contributed by atoms with Crippen LogP contribution in [0.15, 0.2) is 64.0 Å². The molecular weight excluding hydrogens is 470 g/mol. The number of halogens is 1. The zero-order valence-corrected chi connectivity index (χ0v) is 18.6. The van der Waals surface area contributed by atoms with Crippen LogP contribution in [0.1, 0.15) is 31.2 Å². The van der Waals surface area contributed by atoms with Crippen LogP contribution in [-0.4, -0.2) is 25.9 Å². The third-order valence-electron chi connectivity index (χ3n) is 6.15. The fourth-order valence-corrected chi connectivity index (χ4v) is 6.35. The molecule has 2 aliphatic rings. The van der Waals surface area contributed by atoms with Crippen molar-refractivity contribution in [3.63, 3.8) is 0 Å². The molecule has 0 amide bonds. The first-order valence-electron chi connectivity index (χ1n) is 9.73. The second-order valence-electron chi connectivity index (χ2n) is 7.73. The molecule has 0 aromatic heterocycles. The average Bonchev–Trinajstić information content (AvgIpc) is 3.03. The van der Waals surface area contributed by atoms with Gasteiger partial charge in [-0.05, 0) is 55.5 Å². The van der Waals surface area contributed by atoms with Crippen LogP contribution in [0.4, 0.5) is 11.4 Å². The zero-order valence-electron chi connectivity index (χ0n) is 16.2. The van der Waals surface area contributed by atoms with Crippen molar-refractivity contribution < 1.29 is 13.3 Å². The Morgan fingerprint density at radius 2 is 2.07 bits per heavy atom. The number of hydrogen-bond donors (Lipinski definition) is 2. The van der Waals surface area contributed by atoms with Crippen molar-refractivity contribution in [2.24, 2.45) is 0 Å². The molecule has 1 saturated carbocycles. The fourth-order valence-electron chi connectivity index (χ4n) is 4.79. The molecule has 9 heteroatoms. The van der Waals surface area contributed by atoms with Crippen LogP contribution in [0.2, 0.25) is 0 Å². The van der Waals surface area contributed by atoms with Gasteiger partial charge in [-0.3, -0.25) is 10.1 Å². The summed E-state index contributed by atoms with van der Waals surface area (Å²) in [7, 11) is -4.02. The summed E-state index contributed by atoms with van der Waals surface area (Å²) in [4.78, 5) is 10.2. The molecular formula is C21H22BrN3O4S. The van der Waals surface area contributed by atoms with Gasteiger partial charge in [0.25, 0.3) is 5.69 Å². The van der Waals surface area contributed by atoms with Gasteiger partial charge in [0.2, 0.25) is 10.0 Å². The Kier molecular flexibility index (Phi) is 5.46. The van der Waals surface area contributed by atoms with Crippen molar-refractivity contribution in [2.75, 3.05) is 11.9 Å². The monoisotopic (exact) mass is 491 g/mol. The van der Waals surface area contributed by atoms with Crippen molar-refractivity contribution in [2.45, 2.75) is 42.0 Å². The minimum Gasteiger partial charge on any atom is -0.381 e. The number of hydrogen-bond acceptors (Lipinski definition) is 5. The lowest BCUT2D eigenvalue weighted by atomic mass is 9.63. The second kappa shape index (κ2) is 7.79. The van der Waals surface area contributed by atoms with Crippen LogP contribution in [-0.2, 0) is 15.4 Å². The molecule has 0 radical (unpaired) electrons. The molecule has 2 unspecified atom stereocenters. The molecule has 2 atom stereocenters. The molecule has 1 heterocycles. The van der Waals surface area contributed by atoms with E-state index in [0.717, 1.165) is 40.6 Å². The lowest BCUT2D eigenvalue weighted by Gasteiger charge is -2.42. The second-order valence-corrected chi connectivity index (χ2v) is 10.4. The average molecular weight is 492 g/mol.